The second kappa shape index (κ2) is 7.63. The number of hydrogen-bond acceptors (Lipinski definition) is 7. The number of halogens is 1. The standard InChI is InChI=1S/C22H19FN4O5/c1-22(14-5-8-16-17(11-14)31-10-2-9-30-16)20(28)27(21(29)25-22)12-18-24-19(26-32-18)13-3-6-15(23)7-4-13/h3-8,11H,2,9-10,12H2,1H3,(H,25,29). The molecule has 1 aromatic heterocycles. The summed E-state index contributed by atoms with van der Waals surface area (Å²) in [4.78, 5) is 31.1. The average molecular weight is 438 g/mol. The molecule has 3 amide bonds. The van der Waals surface area contributed by atoms with E-state index in [-0.39, 0.29) is 24.1 Å². The van der Waals surface area contributed by atoms with E-state index in [9.17, 15) is 14.0 Å². The highest BCUT2D eigenvalue weighted by atomic mass is 19.1. The lowest BCUT2D eigenvalue weighted by Crippen LogP contribution is -2.40. The quantitative estimate of drug-likeness (QED) is 0.624. The smallest absolute Gasteiger partial charge is 0.325 e. The number of carbonyl (C=O) groups excluding carboxylic acids is 2. The maximum absolute atomic E-state index is 13.2. The summed E-state index contributed by atoms with van der Waals surface area (Å²) < 4.78 is 29.7. The molecule has 1 fully saturated rings. The minimum Gasteiger partial charge on any atom is -0.490 e. The van der Waals surface area contributed by atoms with Crippen molar-refractivity contribution in [1.29, 1.82) is 0 Å². The van der Waals surface area contributed by atoms with Crippen LogP contribution in [-0.2, 0) is 16.9 Å². The van der Waals surface area contributed by atoms with Gasteiger partial charge < -0.3 is 19.3 Å². The van der Waals surface area contributed by atoms with Crippen LogP contribution in [0.5, 0.6) is 11.5 Å². The molecule has 0 bridgehead atoms. The summed E-state index contributed by atoms with van der Waals surface area (Å²) in [5.74, 6) is 0.600. The number of carbonyl (C=O) groups is 2. The lowest BCUT2D eigenvalue weighted by Gasteiger charge is -2.23. The molecule has 2 aliphatic heterocycles. The maximum atomic E-state index is 13.2. The first-order chi connectivity index (χ1) is 15.4. The van der Waals surface area contributed by atoms with Crippen molar-refractivity contribution >= 4 is 11.9 Å². The summed E-state index contributed by atoms with van der Waals surface area (Å²) in [5.41, 5.74) is -0.169. The predicted molar refractivity (Wildman–Crippen MR) is 108 cm³/mol. The lowest BCUT2D eigenvalue weighted by atomic mass is 9.91. The molecule has 0 aliphatic carbocycles. The molecule has 2 aliphatic rings. The highest BCUT2D eigenvalue weighted by Crippen LogP contribution is 2.37. The Labute approximate surface area is 182 Å². The Bertz CT molecular complexity index is 1200. The van der Waals surface area contributed by atoms with Crippen LogP contribution in [0.15, 0.2) is 47.0 Å². The topological polar surface area (TPSA) is 107 Å². The van der Waals surface area contributed by atoms with Crippen molar-refractivity contribution in [3.63, 3.8) is 0 Å². The van der Waals surface area contributed by atoms with Gasteiger partial charge in [-0.3, -0.25) is 9.69 Å². The van der Waals surface area contributed by atoms with Gasteiger partial charge in [0, 0.05) is 12.0 Å². The molecule has 3 heterocycles. The lowest BCUT2D eigenvalue weighted by molar-refractivity contribution is -0.131. The molecule has 0 spiro atoms. The minimum atomic E-state index is -1.29. The molecular formula is C22H19FN4O5. The van der Waals surface area contributed by atoms with Crippen LogP contribution in [0.2, 0.25) is 0 Å². The van der Waals surface area contributed by atoms with E-state index in [1.807, 2.05) is 0 Å². The fourth-order valence-corrected chi connectivity index (χ4v) is 3.68. The highest BCUT2D eigenvalue weighted by molar-refractivity contribution is 6.07. The van der Waals surface area contributed by atoms with E-state index in [1.54, 1.807) is 25.1 Å². The highest BCUT2D eigenvalue weighted by Gasteiger charge is 2.49. The number of urea groups is 1. The van der Waals surface area contributed by atoms with Crippen molar-refractivity contribution in [2.24, 2.45) is 0 Å². The Morgan fingerprint density at radius 2 is 1.84 bits per heavy atom. The van der Waals surface area contributed by atoms with Crippen molar-refractivity contribution < 1.29 is 28.0 Å². The number of rotatable bonds is 4. The summed E-state index contributed by atoms with van der Waals surface area (Å²) in [5, 5.41) is 6.59. The number of hydrogen-bond donors (Lipinski definition) is 1. The van der Waals surface area contributed by atoms with E-state index in [4.69, 9.17) is 14.0 Å². The molecule has 1 N–H and O–H groups in total. The number of amides is 3. The van der Waals surface area contributed by atoms with Gasteiger partial charge >= 0.3 is 6.03 Å². The molecule has 3 aromatic rings. The van der Waals surface area contributed by atoms with Crippen LogP contribution >= 0.6 is 0 Å². The van der Waals surface area contributed by atoms with Crippen LogP contribution in [0.1, 0.15) is 24.8 Å². The van der Waals surface area contributed by atoms with Crippen LogP contribution in [0.25, 0.3) is 11.4 Å². The van der Waals surface area contributed by atoms with Gasteiger partial charge in [0.1, 0.15) is 17.9 Å². The number of nitrogens with one attached hydrogen (secondary N) is 1. The van der Waals surface area contributed by atoms with Crippen LogP contribution < -0.4 is 14.8 Å². The fraction of sp³-hybridized carbons (Fsp3) is 0.273. The molecule has 0 radical (unpaired) electrons. The first kappa shape index (κ1) is 20.0. The fourth-order valence-electron chi connectivity index (χ4n) is 3.68. The Hall–Kier alpha value is -3.95. The third-order valence-electron chi connectivity index (χ3n) is 5.46. The minimum absolute atomic E-state index is 0.0794. The molecule has 1 saturated heterocycles. The zero-order valence-corrected chi connectivity index (χ0v) is 17.1. The van der Waals surface area contributed by atoms with Crippen molar-refractivity contribution in [3.05, 3.63) is 59.7 Å². The molecule has 10 heteroatoms. The Morgan fingerprint density at radius 1 is 1.09 bits per heavy atom. The normalized spacial score (nSPS) is 20.2. The Morgan fingerprint density at radius 3 is 2.62 bits per heavy atom. The second-order valence-electron chi connectivity index (χ2n) is 7.68. The van der Waals surface area contributed by atoms with E-state index in [2.05, 4.69) is 15.5 Å². The Balaban J connectivity index is 1.37. The third kappa shape index (κ3) is 3.43. The van der Waals surface area contributed by atoms with Gasteiger partial charge in [-0.05, 0) is 48.9 Å². The van der Waals surface area contributed by atoms with Gasteiger partial charge in [0.25, 0.3) is 5.91 Å². The number of nitrogens with zero attached hydrogens (tertiary/aromatic N) is 3. The van der Waals surface area contributed by atoms with Crippen LogP contribution in [0, 0.1) is 5.82 Å². The molecule has 9 nitrogen and oxygen atoms in total. The van der Waals surface area contributed by atoms with Crippen LogP contribution in [-0.4, -0.2) is 40.2 Å². The van der Waals surface area contributed by atoms with Gasteiger partial charge in [0.2, 0.25) is 11.7 Å². The second-order valence-corrected chi connectivity index (χ2v) is 7.68. The number of fused-ring (bicyclic) bond motifs is 1. The van der Waals surface area contributed by atoms with Gasteiger partial charge in [-0.25, -0.2) is 9.18 Å². The van der Waals surface area contributed by atoms with E-state index in [0.29, 0.717) is 35.8 Å². The number of aromatic nitrogens is 2. The molecule has 5 rings (SSSR count). The van der Waals surface area contributed by atoms with Crippen molar-refractivity contribution in [1.82, 2.24) is 20.4 Å². The van der Waals surface area contributed by atoms with Gasteiger partial charge in [0.05, 0.1) is 13.2 Å². The monoisotopic (exact) mass is 438 g/mol. The zero-order valence-electron chi connectivity index (χ0n) is 17.1. The number of benzene rings is 2. The first-order valence-electron chi connectivity index (χ1n) is 10.1. The van der Waals surface area contributed by atoms with Gasteiger partial charge in [0.15, 0.2) is 11.5 Å². The molecule has 164 valence electrons. The van der Waals surface area contributed by atoms with E-state index >= 15 is 0 Å². The molecule has 32 heavy (non-hydrogen) atoms. The molecule has 1 unspecified atom stereocenters. The summed E-state index contributed by atoms with van der Waals surface area (Å²) >= 11 is 0. The van der Waals surface area contributed by atoms with Gasteiger partial charge in [-0.2, -0.15) is 4.98 Å². The maximum Gasteiger partial charge on any atom is 0.325 e. The largest absolute Gasteiger partial charge is 0.490 e. The summed E-state index contributed by atoms with van der Waals surface area (Å²) in [6, 6.07) is 10.2. The van der Waals surface area contributed by atoms with E-state index in [1.165, 1.54) is 24.3 Å². The zero-order chi connectivity index (χ0) is 22.3. The first-order valence-corrected chi connectivity index (χ1v) is 10.1. The SMILES string of the molecule is CC1(c2ccc3c(c2)OCCCO3)NC(=O)N(Cc2nc(-c3ccc(F)cc3)no2)C1=O. The van der Waals surface area contributed by atoms with Crippen molar-refractivity contribution in [2.45, 2.75) is 25.4 Å². The molecule has 1 atom stereocenters. The van der Waals surface area contributed by atoms with Gasteiger partial charge in [-0.15, -0.1) is 0 Å². The number of imide groups is 1. The number of ether oxygens (including phenoxy) is 2. The van der Waals surface area contributed by atoms with Crippen LogP contribution in [0.3, 0.4) is 0 Å². The Kier molecular flexibility index (Phi) is 4.76. The predicted octanol–water partition coefficient (Wildman–Crippen LogP) is 3.00. The summed E-state index contributed by atoms with van der Waals surface area (Å²) in [7, 11) is 0. The molecule has 2 aromatic carbocycles. The van der Waals surface area contributed by atoms with E-state index < -0.39 is 17.5 Å². The van der Waals surface area contributed by atoms with Gasteiger partial charge in [-0.1, -0.05) is 11.2 Å². The van der Waals surface area contributed by atoms with Crippen LogP contribution in [0.4, 0.5) is 9.18 Å². The average Bonchev–Trinajstić information content (AvgIpc) is 3.23. The summed E-state index contributed by atoms with van der Waals surface area (Å²) in [6.07, 6.45) is 0.759. The third-order valence-corrected chi connectivity index (χ3v) is 5.46. The van der Waals surface area contributed by atoms with E-state index in [0.717, 1.165) is 11.3 Å². The molecular weight excluding hydrogens is 419 g/mol. The molecule has 0 saturated carbocycles. The van der Waals surface area contributed by atoms with Crippen molar-refractivity contribution in [2.75, 3.05) is 13.2 Å². The summed E-state index contributed by atoms with van der Waals surface area (Å²) in [6.45, 7) is 2.49. The van der Waals surface area contributed by atoms with Crippen molar-refractivity contribution in [3.8, 4) is 22.9 Å².